The summed E-state index contributed by atoms with van der Waals surface area (Å²) in [5.74, 6) is -4.70. The number of benzene rings is 1. The number of hydrogen-bond donors (Lipinski definition) is 2. The first-order chi connectivity index (χ1) is 16.1. The van der Waals surface area contributed by atoms with Gasteiger partial charge in [-0.1, -0.05) is 6.07 Å². The minimum absolute atomic E-state index is 0.00682. The number of fused-ring (bicyclic) bond motifs is 8. The lowest BCUT2D eigenvalue weighted by Gasteiger charge is -2.46. The summed E-state index contributed by atoms with van der Waals surface area (Å²) in [7, 11) is 0. The van der Waals surface area contributed by atoms with Crippen LogP contribution < -0.4 is 10.7 Å². The van der Waals surface area contributed by atoms with E-state index in [9.17, 15) is 32.7 Å². The predicted molar refractivity (Wildman–Crippen MR) is 110 cm³/mol. The molecule has 2 saturated carbocycles. The minimum Gasteiger partial charge on any atom is -0.503 e. The highest BCUT2D eigenvalue weighted by Gasteiger charge is 2.76. The molecule has 2 aliphatic carbocycles. The molecule has 3 heterocycles. The number of hydrogen-bond acceptors (Lipinski definition) is 5. The van der Waals surface area contributed by atoms with Gasteiger partial charge >= 0.3 is 0 Å². The molecule has 2 aromatic rings. The van der Waals surface area contributed by atoms with Crippen LogP contribution in [-0.2, 0) is 17.8 Å². The Morgan fingerprint density at radius 1 is 1.29 bits per heavy atom. The second kappa shape index (κ2) is 6.84. The van der Waals surface area contributed by atoms with Gasteiger partial charge in [0.2, 0.25) is 5.43 Å². The summed E-state index contributed by atoms with van der Waals surface area (Å²) in [5, 5.41) is 12.9. The standard InChI is InChI=1S/C23H20F3N3O5/c1-23(26)16-13-5-14(17(16)23)34-15-8-28-7-11(19(30)20(31)18(28)22(33)29(13)15)21(32)27-6-9-2-3-10(24)4-12(9)25/h2-4,7,13-17,31H,5-6,8H2,1H3,(H,27,32). The van der Waals surface area contributed by atoms with Crippen LogP contribution in [0.1, 0.15) is 39.8 Å². The van der Waals surface area contributed by atoms with Gasteiger partial charge in [-0.3, -0.25) is 14.4 Å². The van der Waals surface area contributed by atoms with E-state index in [0.717, 1.165) is 18.3 Å². The number of nitrogens with one attached hydrogen (secondary N) is 1. The zero-order chi connectivity index (χ0) is 24.1. The molecule has 8 nitrogen and oxygen atoms in total. The summed E-state index contributed by atoms with van der Waals surface area (Å²) in [6.07, 6.45) is 0.631. The van der Waals surface area contributed by atoms with Gasteiger partial charge in [-0.2, -0.15) is 0 Å². The molecule has 2 bridgehead atoms. The summed E-state index contributed by atoms with van der Waals surface area (Å²) in [6, 6.07) is 2.49. The Bertz CT molecular complexity index is 1330. The topological polar surface area (TPSA) is 101 Å². The first-order valence-electron chi connectivity index (χ1n) is 10.9. The molecular weight excluding hydrogens is 455 g/mol. The van der Waals surface area contributed by atoms with Gasteiger partial charge in [-0.05, 0) is 19.4 Å². The highest BCUT2D eigenvalue weighted by molar-refractivity contribution is 5.99. The van der Waals surface area contributed by atoms with E-state index in [1.807, 2.05) is 0 Å². The fraction of sp³-hybridized carbons (Fsp3) is 0.435. The van der Waals surface area contributed by atoms with E-state index in [-0.39, 0.29) is 48.3 Å². The maximum atomic E-state index is 14.7. The summed E-state index contributed by atoms with van der Waals surface area (Å²) in [6.45, 7) is 1.23. The molecule has 6 atom stereocenters. The van der Waals surface area contributed by atoms with Crippen molar-refractivity contribution in [1.82, 2.24) is 14.8 Å². The van der Waals surface area contributed by atoms with Crippen LogP contribution in [0.5, 0.6) is 5.75 Å². The number of aromatic hydroxyl groups is 1. The highest BCUT2D eigenvalue weighted by Crippen LogP contribution is 2.67. The molecular formula is C23H20F3N3O5. The van der Waals surface area contributed by atoms with Crippen molar-refractivity contribution in [3.63, 3.8) is 0 Å². The average molecular weight is 475 g/mol. The summed E-state index contributed by atoms with van der Waals surface area (Å²) < 4.78 is 48.9. The first-order valence-corrected chi connectivity index (χ1v) is 10.9. The second-order valence-corrected chi connectivity index (χ2v) is 9.49. The van der Waals surface area contributed by atoms with Gasteiger partial charge in [0, 0.05) is 42.2 Å². The van der Waals surface area contributed by atoms with E-state index in [1.165, 1.54) is 16.4 Å². The van der Waals surface area contributed by atoms with Crippen molar-refractivity contribution in [3.05, 3.63) is 63.1 Å². The van der Waals surface area contributed by atoms with Crippen molar-refractivity contribution >= 4 is 11.8 Å². The van der Waals surface area contributed by atoms with Crippen molar-refractivity contribution in [1.29, 1.82) is 0 Å². The molecule has 1 aromatic carbocycles. The molecule has 0 radical (unpaired) electrons. The van der Waals surface area contributed by atoms with E-state index >= 15 is 0 Å². The summed E-state index contributed by atoms with van der Waals surface area (Å²) in [4.78, 5) is 40.1. The number of ether oxygens (including phenoxy) is 1. The van der Waals surface area contributed by atoms with Gasteiger partial charge in [0.1, 0.15) is 22.9 Å². The zero-order valence-corrected chi connectivity index (χ0v) is 17.9. The monoisotopic (exact) mass is 475 g/mol. The third-order valence-electron chi connectivity index (χ3n) is 7.61. The van der Waals surface area contributed by atoms with Crippen molar-refractivity contribution < 1.29 is 32.6 Å². The number of pyridine rings is 1. The Balaban J connectivity index is 1.29. The Morgan fingerprint density at radius 2 is 2.06 bits per heavy atom. The number of amides is 2. The molecule has 11 heteroatoms. The predicted octanol–water partition coefficient (Wildman–Crippen LogP) is 1.69. The molecule has 2 aliphatic heterocycles. The third kappa shape index (κ3) is 2.79. The smallest absolute Gasteiger partial charge is 0.276 e. The van der Waals surface area contributed by atoms with E-state index in [4.69, 9.17) is 4.74 Å². The van der Waals surface area contributed by atoms with Crippen LogP contribution in [0.15, 0.2) is 29.2 Å². The lowest BCUT2D eigenvalue weighted by Crippen LogP contribution is -2.59. The number of carbonyl (C=O) groups excluding carboxylic acids is 2. The van der Waals surface area contributed by atoms with Crippen LogP contribution in [0.4, 0.5) is 13.2 Å². The van der Waals surface area contributed by atoms with Crippen LogP contribution in [0.2, 0.25) is 0 Å². The molecule has 2 amide bonds. The Hall–Kier alpha value is -3.34. The lowest BCUT2D eigenvalue weighted by molar-refractivity contribution is -0.153. The van der Waals surface area contributed by atoms with Crippen LogP contribution in [-0.4, -0.2) is 50.4 Å². The second-order valence-electron chi connectivity index (χ2n) is 9.49. The molecule has 4 aliphatic rings. The average Bonchev–Trinajstić information content (AvgIpc) is 3.20. The van der Waals surface area contributed by atoms with Gasteiger partial charge < -0.3 is 24.6 Å². The van der Waals surface area contributed by atoms with E-state index in [0.29, 0.717) is 12.5 Å². The van der Waals surface area contributed by atoms with Crippen LogP contribution in [0.25, 0.3) is 0 Å². The molecule has 178 valence electrons. The normalized spacial score (nSPS) is 32.6. The maximum absolute atomic E-state index is 14.7. The quantitative estimate of drug-likeness (QED) is 0.704. The summed E-state index contributed by atoms with van der Waals surface area (Å²) in [5.41, 5.74) is -3.19. The van der Waals surface area contributed by atoms with E-state index < -0.39 is 52.1 Å². The zero-order valence-electron chi connectivity index (χ0n) is 17.9. The molecule has 6 rings (SSSR count). The fourth-order valence-electron chi connectivity index (χ4n) is 6.01. The summed E-state index contributed by atoms with van der Waals surface area (Å²) >= 11 is 0. The molecule has 1 aromatic heterocycles. The number of rotatable bonds is 3. The third-order valence-corrected chi connectivity index (χ3v) is 7.61. The number of alkyl halides is 1. The number of halogens is 3. The van der Waals surface area contributed by atoms with Crippen LogP contribution in [0, 0.1) is 23.5 Å². The van der Waals surface area contributed by atoms with Crippen molar-refractivity contribution in [2.75, 3.05) is 0 Å². The fourth-order valence-corrected chi connectivity index (χ4v) is 6.01. The molecule has 3 fully saturated rings. The number of aromatic nitrogens is 1. The minimum atomic E-state index is -1.41. The molecule has 0 spiro atoms. The van der Waals surface area contributed by atoms with Crippen molar-refractivity contribution in [2.45, 2.75) is 50.5 Å². The van der Waals surface area contributed by atoms with Crippen LogP contribution in [0.3, 0.4) is 0 Å². The SMILES string of the molecule is CC1(F)C2C3CC(C21)N1C(=O)c2c(O)c(=O)c(C(=O)NCc4ccc(F)cc4F)cn2CC1O3. The Labute approximate surface area is 190 Å². The van der Waals surface area contributed by atoms with Gasteiger partial charge in [-0.15, -0.1) is 0 Å². The van der Waals surface area contributed by atoms with Gasteiger partial charge in [-0.25, -0.2) is 13.2 Å². The largest absolute Gasteiger partial charge is 0.503 e. The van der Waals surface area contributed by atoms with Crippen molar-refractivity contribution in [3.8, 4) is 5.75 Å². The molecule has 34 heavy (non-hydrogen) atoms. The van der Waals surface area contributed by atoms with Crippen molar-refractivity contribution in [2.24, 2.45) is 11.8 Å². The number of carbonyl (C=O) groups is 2. The lowest BCUT2D eigenvalue weighted by atomic mass is 9.99. The Kier molecular flexibility index (Phi) is 4.27. The van der Waals surface area contributed by atoms with Crippen LogP contribution >= 0.6 is 0 Å². The van der Waals surface area contributed by atoms with Gasteiger partial charge in [0.05, 0.1) is 12.6 Å². The number of nitrogens with zero attached hydrogens (tertiary/aromatic N) is 2. The highest BCUT2D eigenvalue weighted by atomic mass is 19.1. The van der Waals surface area contributed by atoms with Gasteiger partial charge in [0.15, 0.2) is 17.7 Å². The first kappa shape index (κ1) is 21.2. The van der Waals surface area contributed by atoms with E-state index in [2.05, 4.69) is 5.32 Å². The molecule has 6 unspecified atom stereocenters. The van der Waals surface area contributed by atoms with E-state index in [1.54, 1.807) is 0 Å². The molecule has 1 saturated heterocycles. The van der Waals surface area contributed by atoms with Gasteiger partial charge in [0.25, 0.3) is 11.8 Å². The Morgan fingerprint density at radius 3 is 2.79 bits per heavy atom. The maximum Gasteiger partial charge on any atom is 0.276 e. The molecule has 2 N–H and O–H groups in total.